The van der Waals surface area contributed by atoms with Crippen molar-refractivity contribution >= 4 is 17.8 Å². The molecule has 0 bridgehead atoms. The van der Waals surface area contributed by atoms with Gasteiger partial charge >= 0.3 is 6.09 Å². The highest BCUT2D eigenvalue weighted by molar-refractivity contribution is 5.88. The lowest BCUT2D eigenvalue weighted by Gasteiger charge is -2.17. The summed E-state index contributed by atoms with van der Waals surface area (Å²) in [5.74, 6) is -0.195. The average molecular weight is 452 g/mol. The Labute approximate surface area is 195 Å². The van der Waals surface area contributed by atoms with Gasteiger partial charge in [0.05, 0.1) is 6.04 Å². The van der Waals surface area contributed by atoms with Gasteiger partial charge in [-0.25, -0.2) is 4.79 Å². The molecule has 3 rings (SSSR count). The summed E-state index contributed by atoms with van der Waals surface area (Å²) >= 11 is 0. The molecule has 7 nitrogen and oxygen atoms in total. The number of Topliss-reactive ketones (excluding diaryl/α,β-unsaturated/α-hetero) is 1. The quantitative estimate of drug-likeness (QED) is 0.428. The van der Waals surface area contributed by atoms with Crippen LogP contribution in [0.4, 0.5) is 4.79 Å². The van der Waals surface area contributed by atoms with Gasteiger partial charge in [0, 0.05) is 25.8 Å². The van der Waals surface area contributed by atoms with Crippen molar-refractivity contribution in [2.75, 3.05) is 19.7 Å². The lowest BCUT2D eigenvalue weighted by molar-refractivity contribution is -0.127. The third-order valence-electron chi connectivity index (χ3n) is 5.93. The van der Waals surface area contributed by atoms with Crippen LogP contribution in [-0.2, 0) is 14.3 Å². The molecule has 2 aromatic rings. The van der Waals surface area contributed by atoms with Crippen molar-refractivity contribution in [2.24, 2.45) is 5.73 Å². The number of carbonyl (C=O) groups is 3. The van der Waals surface area contributed by atoms with Gasteiger partial charge in [-0.3, -0.25) is 9.59 Å². The van der Waals surface area contributed by atoms with Gasteiger partial charge in [0.2, 0.25) is 5.91 Å². The summed E-state index contributed by atoms with van der Waals surface area (Å²) in [5.41, 5.74) is 10.2. The van der Waals surface area contributed by atoms with Gasteiger partial charge in [-0.05, 0) is 54.5 Å². The van der Waals surface area contributed by atoms with Crippen molar-refractivity contribution in [1.29, 1.82) is 0 Å². The average Bonchev–Trinajstić information content (AvgIpc) is 3.13. The second-order valence-corrected chi connectivity index (χ2v) is 8.36. The molecular formula is C26H33N3O4. The van der Waals surface area contributed by atoms with Crippen LogP contribution in [-0.4, -0.2) is 43.5 Å². The van der Waals surface area contributed by atoms with Crippen molar-refractivity contribution in [3.05, 3.63) is 59.7 Å². The standard InChI is InChI=1S/C26H33N3O4/c1-18(30)29-24(25(31)14-8-15-27)13-6-7-16-28-26(32)33-17-23-21-11-4-2-9-19(21)20-10-3-5-12-22(20)23/h2-5,9-12,23-24H,6-8,13-17,27H2,1H3,(H,28,32)(H,29,30)/t24-/m0/s1. The summed E-state index contributed by atoms with van der Waals surface area (Å²) in [4.78, 5) is 35.9. The van der Waals surface area contributed by atoms with Crippen molar-refractivity contribution in [3.63, 3.8) is 0 Å². The van der Waals surface area contributed by atoms with Gasteiger partial charge in [0.1, 0.15) is 6.61 Å². The van der Waals surface area contributed by atoms with E-state index < -0.39 is 12.1 Å². The van der Waals surface area contributed by atoms with E-state index in [-0.39, 0.29) is 24.2 Å². The fourth-order valence-corrected chi connectivity index (χ4v) is 4.32. The molecule has 0 unspecified atom stereocenters. The van der Waals surface area contributed by atoms with E-state index in [0.29, 0.717) is 45.2 Å². The van der Waals surface area contributed by atoms with Crippen molar-refractivity contribution in [2.45, 2.75) is 51.0 Å². The molecule has 0 radical (unpaired) electrons. The summed E-state index contributed by atoms with van der Waals surface area (Å²) in [7, 11) is 0. The summed E-state index contributed by atoms with van der Waals surface area (Å²) in [6.07, 6.45) is 2.44. The molecular weight excluding hydrogens is 418 g/mol. The number of carbonyl (C=O) groups excluding carboxylic acids is 3. The van der Waals surface area contributed by atoms with Gasteiger partial charge in [0.25, 0.3) is 0 Å². The molecule has 2 amide bonds. The molecule has 0 saturated carbocycles. The number of alkyl carbamates (subject to hydrolysis) is 1. The van der Waals surface area contributed by atoms with E-state index in [1.54, 1.807) is 0 Å². The first-order chi connectivity index (χ1) is 16.0. The van der Waals surface area contributed by atoms with E-state index in [2.05, 4.69) is 34.9 Å². The summed E-state index contributed by atoms with van der Waals surface area (Å²) < 4.78 is 5.53. The van der Waals surface area contributed by atoms with Gasteiger partial charge < -0.3 is 21.1 Å². The summed E-state index contributed by atoms with van der Waals surface area (Å²) in [6.45, 7) is 2.57. The van der Waals surface area contributed by atoms with Gasteiger partial charge in [0.15, 0.2) is 5.78 Å². The van der Waals surface area contributed by atoms with Gasteiger partial charge in [-0.1, -0.05) is 48.5 Å². The zero-order valence-electron chi connectivity index (χ0n) is 19.1. The fraction of sp³-hybridized carbons (Fsp3) is 0.423. The highest BCUT2D eigenvalue weighted by atomic mass is 16.5. The molecule has 176 valence electrons. The first kappa shape index (κ1) is 24.5. The van der Waals surface area contributed by atoms with Crippen LogP contribution in [0.3, 0.4) is 0 Å². The van der Waals surface area contributed by atoms with Crippen molar-refractivity contribution in [3.8, 4) is 11.1 Å². The number of fused-ring (bicyclic) bond motifs is 3. The first-order valence-corrected chi connectivity index (χ1v) is 11.6. The molecule has 33 heavy (non-hydrogen) atoms. The second kappa shape index (κ2) is 12.2. The fourth-order valence-electron chi connectivity index (χ4n) is 4.32. The number of hydrogen-bond donors (Lipinski definition) is 3. The molecule has 0 aliphatic heterocycles. The minimum absolute atomic E-state index is 0.000134. The predicted molar refractivity (Wildman–Crippen MR) is 128 cm³/mol. The molecule has 1 atom stereocenters. The molecule has 4 N–H and O–H groups in total. The molecule has 0 heterocycles. The maximum Gasteiger partial charge on any atom is 0.407 e. The topological polar surface area (TPSA) is 111 Å². The van der Waals surface area contributed by atoms with E-state index in [0.717, 1.165) is 0 Å². The number of unbranched alkanes of at least 4 members (excludes halogenated alkanes) is 1. The van der Waals surface area contributed by atoms with E-state index >= 15 is 0 Å². The highest BCUT2D eigenvalue weighted by Gasteiger charge is 2.29. The number of hydrogen-bond acceptors (Lipinski definition) is 5. The number of amides is 2. The summed E-state index contributed by atoms with van der Waals surface area (Å²) in [6, 6.07) is 15.9. The van der Waals surface area contributed by atoms with Crippen LogP contribution in [0.1, 0.15) is 56.1 Å². The second-order valence-electron chi connectivity index (χ2n) is 8.36. The zero-order valence-corrected chi connectivity index (χ0v) is 19.1. The minimum Gasteiger partial charge on any atom is -0.449 e. The Hall–Kier alpha value is -3.19. The number of nitrogens with two attached hydrogens (primary N) is 1. The molecule has 0 fully saturated rings. The number of rotatable bonds is 12. The third kappa shape index (κ3) is 6.65. The molecule has 7 heteroatoms. The largest absolute Gasteiger partial charge is 0.449 e. The first-order valence-electron chi connectivity index (χ1n) is 11.6. The Kier molecular flexibility index (Phi) is 9.01. The number of nitrogens with one attached hydrogen (secondary N) is 2. The molecule has 0 aromatic heterocycles. The maximum atomic E-state index is 12.2. The Morgan fingerprint density at radius 3 is 2.21 bits per heavy atom. The maximum absolute atomic E-state index is 12.2. The van der Waals surface area contributed by atoms with Crippen LogP contribution >= 0.6 is 0 Å². The molecule has 0 spiro atoms. The van der Waals surface area contributed by atoms with Crippen LogP contribution in [0.5, 0.6) is 0 Å². The van der Waals surface area contributed by atoms with E-state index in [9.17, 15) is 14.4 Å². The van der Waals surface area contributed by atoms with Crippen molar-refractivity contribution in [1.82, 2.24) is 10.6 Å². The predicted octanol–water partition coefficient (Wildman–Crippen LogP) is 3.51. The van der Waals surface area contributed by atoms with Crippen LogP contribution in [0.2, 0.25) is 0 Å². The smallest absolute Gasteiger partial charge is 0.407 e. The van der Waals surface area contributed by atoms with E-state index in [1.807, 2.05) is 24.3 Å². The van der Waals surface area contributed by atoms with Crippen LogP contribution in [0.25, 0.3) is 11.1 Å². The molecule has 1 aliphatic carbocycles. The lowest BCUT2D eigenvalue weighted by Crippen LogP contribution is -2.39. The molecule has 0 saturated heterocycles. The third-order valence-corrected chi connectivity index (χ3v) is 5.93. The number of benzene rings is 2. The minimum atomic E-state index is -0.497. The summed E-state index contributed by atoms with van der Waals surface area (Å²) in [5, 5.41) is 5.50. The zero-order chi connectivity index (χ0) is 23.6. The monoisotopic (exact) mass is 451 g/mol. The number of ether oxygens (including phenoxy) is 1. The van der Waals surface area contributed by atoms with Crippen LogP contribution < -0.4 is 16.4 Å². The van der Waals surface area contributed by atoms with Crippen LogP contribution in [0, 0.1) is 0 Å². The Morgan fingerprint density at radius 1 is 0.970 bits per heavy atom. The lowest BCUT2D eigenvalue weighted by atomic mass is 9.98. The van der Waals surface area contributed by atoms with Gasteiger partial charge in [-0.15, -0.1) is 0 Å². The Balaban J connectivity index is 1.41. The number of ketones is 1. The van der Waals surface area contributed by atoms with Gasteiger partial charge in [-0.2, -0.15) is 0 Å². The van der Waals surface area contributed by atoms with Crippen molar-refractivity contribution < 1.29 is 19.1 Å². The Bertz CT molecular complexity index is 930. The van der Waals surface area contributed by atoms with E-state index in [4.69, 9.17) is 10.5 Å². The molecule has 2 aromatic carbocycles. The molecule has 1 aliphatic rings. The SMILES string of the molecule is CC(=O)N[C@@H](CCCCNC(=O)OCC1c2ccccc2-c2ccccc21)C(=O)CCCN. The Morgan fingerprint density at radius 2 is 1.61 bits per heavy atom. The normalized spacial score (nSPS) is 13.0. The van der Waals surface area contributed by atoms with Crippen LogP contribution in [0.15, 0.2) is 48.5 Å². The highest BCUT2D eigenvalue weighted by Crippen LogP contribution is 2.44. The van der Waals surface area contributed by atoms with E-state index in [1.165, 1.54) is 29.2 Å².